The Hall–Kier alpha value is -2.45. The van der Waals surface area contributed by atoms with Crippen LogP contribution >= 0.6 is 23.8 Å². The molecule has 1 fully saturated rings. The van der Waals surface area contributed by atoms with Gasteiger partial charge >= 0.3 is 0 Å². The Morgan fingerprint density at radius 2 is 2.00 bits per heavy atom. The highest BCUT2D eigenvalue weighted by Crippen LogP contribution is 2.18. The van der Waals surface area contributed by atoms with Crippen molar-refractivity contribution in [3.05, 3.63) is 75.0 Å². The van der Waals surface area contributed by atoms with E-state index in [0.717, 1.165) is 68.0 Å². The summed E-state index contributed by atoms with van der Waals surface area (Å²) in [5.41, 5.74) is 3.37. The van der Waals surface area contributed by atoms with Gasteiger partial charge in [0.2, 0.25) is 0 Å². The molecule has 2 aromatic carbocycles. The predicted molar refractivity (Wildman–Crippen MR) is 139 cm³/mol. The zero-order valence-corrected chi connectivity index (χ0v) is 20.3. The van der Waals surface area contributed by atoms with Crippen LogP contribution in [-0.2, 0) is 11.3 Å². The van der Waals surface area contributed by atoms with E-state index in [4.69, 9.17) is 28.6 Å². The Morgan fingerprint density at radius 1 is 1.21 bits per heavy atom. The molecule has 1 aliphatic rings. The molecule has 3 aromatic rings. The number of hydrogen-bond donors (Lipinski definition) is 2. The molecule has 1 saturated heterocycles. The first kappa shape index (κ1) is 23.7. The first-order valence-corrected chi connectivity index (χ1v) is 12.0. The number of ether oxygens (including phenoxy) is 1. The second kappa shape index (κ2) is 11.1. The van der Waals surface area contributed by atoms with Gasteiger partial charge in [-0.1, -0.05) is 35.9 Å². The number of aryl methyl sites for hydroxylation is 1. The topological polar surface area (TPSA) is 60.6 Å². The molecule has 174 valence electrons. The van der Waals surface area contributed by atoms with Crippen LogP contribution in [0, 0.1) is 6.92 Å². The molecule has 33 heavy (non-hydrogen) atoms. The molecule has 0 aliphatic carbocycles. The number of para-hydroxylation sites is 1. The summed E-state index contributed by atoms with van der Waals surface area (Å²) in [5.74, 6) is 0. The number of H-pyrrole nitrogens is 1. The molecule has 2 heterocycles. The maximum atomic E-state index is 12.9. The molecule has 1 aromatic heterocycles. The van der Waals surface area contributed by atoms with Crippen LogP contribution in [0.2, 0.25) is 5.02 Å². The lowest BCUT2D eigenvalue weighted by atomic mass is 10.1. The highest BCUT2D eigenvalue weighted by molar-refractivity contribution is 7.80. The molecule has 8 heteroatoms. The average Bonchev–Trinajstić information content (AvgIpc) is 2.80. The highest BCUT2D eigenvalue weighted by atomic mass is 35.5. The molecule has 1 aliphatic heterocycles. The molecule has 0 atom stereocenters. The first-order valence-electron chi connectivity index (χ1n) is 11.2. The third kappa shape index (κ3) is 6.32. The standard InChI is InChI=1S/C25H29ClN4O2S/c1-18-5-2-6-19-15-20(24(31)28-23(18)19)17-30(10-4-9-29-11-13-32-14-12-29)25(33)27-22-8-3-7-21(26)16-22/h2-3,5-8,15-16H,4,9-14,17H2,1H3,(H,27,33)(H,28,31). The monoisotopic (exact) mass is 484 g/mol. The molecule has 4 rings (SSSR count). The van der Waals surface area contributed by atoms with Gasteiger partial charge in [-0.15, -0.1) is 0 Å². The third-order valence-corrected chi connectivity index (χ3v) is 6.49. The number of nitrogens with one attached hydrogen (secondary N) is 2. The van der Waals surface area contributed by atoms with E-state index in [1.807, 2.05) is 55.5 Å². The van der Waals surface area contributed by atoms with Crippen LogP contribution < -0.4 is 10.9 Å². The number of halogens is 1. The number of thiocarbonyl (C=S) groups is 1. The van der Waals surface area contributed by atoms with Crippen molar-refractivity contribution in [2.45, 2.75) is 19.9 Å². The van der Waals surface area contributed by atoms with Gasteiger partial charge in [-0.3, -0.25) is 9.69 Å². The summed E-state index contributed by atoms with van der Waals surface area (Å²) < 4.78 is 5.45. The number of pyridine rings is 1. The number of anilines is 1. The van der Waals surface area contributed by atoms with Crippen LogP contribution in [-0.4, -0.2) is 59.3 Å². The summed E-state index contributed by atoms with van der Waals surface area (Å²) in [4.78, 5) is 20.4. The normalized spacial score (nSPS) is 14.4. The zero-order chi connectivity index (χ0) is 23.2. The van der Waals surface area contributed by atoms with E-state index in [0.29, 0.717) is 22.2 Å². The van der Waals surface area contributed by atoms with Crippen molar-refractivity contribution < 1.29 is 4.74 Å². The lowest BCUT2D eigenvalue weighted by Gasteiger charge is -2.29. The van der Waals surface area contributed by atoms with Crippen LogP contribution in [0.1, 0.15) is 17.5 Å². The fourth-order valence-electron chi connectivity index (χ4n) is 4.08. The molecule has 0 unspecified atom stereocenters. The predicted octanol–water partition coefficient (Wildman–Crippen LogP) is 4.41. The molecule has 0 spiro atoms. The maximum absolute atomic E-state index is 12.9. The smallest absolute Gasteiger partial charge is 0.253 e. The summed E-state index contributed by atoms with van der Waals surface area (Å²) in [6.45, 7) is 7.59. The lowest BCUT2D eigenvalue weighted by molar-refractivity contribution is 0.0367. The van der Waals surface area contributed by atoms with Crippen LogP contribution in [0.25, 0.3) is 10.9 Å². The van der Waals surface area contributed by atoms with Crippen molar-refractivity contribution in [2.75, 3.05) is 44.7 Å². The van der Waals surface area contributed by atoms with E-state index in [2.05, 4.69) is 20.1 Å². The third-order valence-electron chi connectivity index (χ3n) is 5.90. The number of morpholine rings is 1. The number of nitrogens with zero attached hydrogens (tertiary/aromatic N) is 2. The van der Waals surface area contributed by atoms with Crippen LogP contribution in [0.4, 0.5) is 5.69 Å². The fraction of sp³-hybridized carbons (Fsp3) is 0.360. The van der Waals surface area contributed by atoms with E-state index < -0.39 is 0 Å². The van der Waals surface area contributed by atoms with Gasteiger partial charge in [0.05, 0.1) is 25.3 Å². The maximum Gasteiger partial charge on any atom is 0.253 e. The summed E-state index contributed by atoms with van der Waals surface area (Å²) in [7, 11) is 0. The van der Waals surface area contributed by atoms with Gasteiger partial charge in [-0.25, -0.2) is 0 Å². The molecule has 6 nitrogen and oxygen atoms in total. The number of benzene rings is 2. The number of aromatic amines is 1. The first-order chi connectivity index (χ1) is 16.0. The van der Waals surface area contributed by atoms with Gasteiger partial charge in [0.25, 0.3) is 5.56 Å². The second-order valence-electron chi connectivity index (χ2n) is 8.33. The number of rotatable bonds is 7. The Labute approximate surface area is 204 Å². The van der Waals surface area contributed by atoms with E-state index in [1.54, 1.807) is 0 Å². The summed E-state index contributed by atoms with van der Waals surface area (Å²) in [6, 6.07) is 15.5. The zero-order valence-electron chi connectivity index (χ0n) is 18.8. The fourth-order valence-corrected chi connectivity index (χ4v) is 4.55. The lowest BCUT2D eigenvalue weighted by Crippen LogP contribution is -2.40. The highest BCUT2D eigenvalue weighted by Gasteiger charge is 2.16. The van der Waals surface area contributed by atoms with Gasteiger partial charge in [0, 0.05) is 42.5 Å². The average molecular weight is 485 g/mol. The van der Waals surface area contributed by atoms with E-state index in [1.165, 1.54) is 0 Å². The molecular formula is C25H29ClN4O2S. The van der Waals surface area contributed by atoms with Gasteiger partial charge in [0.15, 0.2) is 5.11 Å². The van der Waals surface area contributed by atoms with E-state index in [9.17, 15) is 4.79 Å². The SMILES string of the molecule is Cc1cccc2cc(CN(CCCN3CCOCC3)C(=S)Nc3cccc(Cl)c3)c(=O)[nH]c12. The molecule has 0 saturated carbocycles. The summed E-state index contributed by atoms with van der Waals surface area (Å²) in [6.07, 6.45) is 0.933. The second-order valence-corrected chi connectivity index (χ2v) is 9.16. The van der Waals surface area contributed by atoms with Crippen LogP contribution in [0.15, 0.2) is 53.3 Å². The van der Waals surface area contributed by atoms with Gasteiger partial charge in [-0.05, 0) is 60.8 Å². The van der Waals surface area contributed by atoms with Crippen LogP contribution in [0.5, 0.6) is 0 Å². The number of hydrogen-bond acceptors (Lipinski definition) is 4. The van der Waals surface area contributed by atoms with Gasteiger partial charge in [0.1, 0.15) is 0 Å². The van der Waals surface area contributed by atoms with Crippen molar-refractivity contribution in [3.8, 4) is 0 Å². The van der Waals surface area contributed by atoms with Gasteiger partial charge < -0.3 is 19.9 Å². The Morgan fingerprint density at radius 3 is 2.79 bits per heavy atom. The van der Waals surface area contributed by atoms with Crippen molar-refractivity contribution in [3.63, 3.8) is 0 Å². The summed E-state index contributed by atoms with van der Waals surface area (Å²) >= 11 is 11.9. The molecule has 2 N–H and O–H groups in total. The molecular weight excluding hydrogens is 456 g/mol. The number of fused-ring (bicyclic) bond motifs is 1. The van der Waals surface area contributed by atoms with Crippen molar-refractivity contribution >= 4 is 45.5 Å². The molecule has 0 radical (unpaired) electrons. The minimum absolute atomic E-state index is 0.0828. The van der Waals surface area contributed by atoms with Crippen molar-refractivity contribution in [2.24, 2.45) is 0 Å². The van der Waals surface area contributed by atoms with E-state index >= 15 is 0 Å². The minimum Gasteiger partial charge on any atom is -0.379 e. The Balaban J connectivity index is 1.52. The van der Waals surface area contributed by atoms with Crippen molar-refractivity contribution in [1.29, 1.82) is 0 Å². The van der Waals surface area contributed by atoms with E-state index in [-0.39, 0.29) is 5.56 Å². The van der Waals surface area contributed by atoms with Gasteiger partial charge in [-0.2, -0.15) is 0 Å². The Kier molecular flexibility index (Phi) is 7.98. The largest absolute Gasteiger partial charge is 0.379 e. The van der Waals surface area contributed by atoms with Crippen molar-refractivity contribution in [1.82, 2.24) is 14.8 Å². The van der Waals surface area contributed by atoms with Crippen LogP contribution in [0.3, 0.4) is 0 Å². The molecule has 0 amide bonds. The number of aromatic nitrogens is 1. The quantitative estimate of drug-likeness (QED) is 0.484. The Bertz CT molecular complexity index is 1180. The minimum atomic E-state index is -0.0828. The summed E-state index contributed by atoms with van der Waals surface area (Å²) in [5, 5.41) is 5.52. The molecule has 0 bridgehead atoms.